The molecule has 0 fully saturated rings. The van der Waals surface area contributed by atoms with E-state index in [1.165, 1.54) is 6.07 Å². The largest absolute Gasteiger partial charge is 0.316 e. The fourth-order valence-corrected chi connectivity index (χ4v) is 1.14. The Kier molecular flexibility index (Phi) is 3.33. The van der Waals surface area contributed by atoms with Gasteiger partial charge in [-0.3, -0.25) is 0 Å². The van der Waals surface area contributed by atoms with E-state index >= 15 is 0 Å². The maximum absolute atomic E-state index is 13.0. The van der Waals surface area contributed by atoms with Crippen LogP contribution in [0.3, 0.4) is 0 Å². The van der Waals surface area contributed by atoms with Gasteiger partial charge in [0, 0.05) is 18.2 Å². The van der Waals surface area contributed by atoms with Gasteiger partial charge in [0.2, 0.25) is 0 Å². The molecule has 0 aliphatic rings. The van der Waals surface area contributed by atoms with Crippen molar-refractivity contribution in [2.45, 2.75) is 19.9 Å². The van der Waals surface area contributed by atoms with E-state index in [9.17, 15) is 8.78 Å². The van der Waals surface area contributed by atoms with Crippen LogP contribution in [0.5, 0.6) is 0 Å². The molecule has 1 aromatic rings. The topological polar surface area (TPSA) is 32.3 Å². The molecule has 4 heteroatoms. The highest BCUT2D eigenvalue weighted by Gasteiger charge is 2.07. The van der Waals surface area contributed by atoms with Gasteiger partial charge >= 0.3 is 0 Å². The molecule has 0 spiro atoms. The molecule has 0 atom stereocenters. The van der Waals surface area contributed by atoms with Gasteiger partial charge in [0.15, 0.2) is 0 Å². The monoisotopic (exact) mass is 187 g/mol. The van der Waals surface area contributed by atoms with E-state index in [0.29, 0.717) is 12.0 Å². The summed E-state index contributed by atoms with van der Waals surface area (Å²) in [6, 6.07) is 2.25. The summed E-state index contributed by atoms with van der Waals surface area (Å²) in [6.07, 6.45) is 0.505. The third-order valence-electron chi connectivity index (χ3n) is 1.87. The molecule has 0 aromatic heterocycles. The normalized spacial score (nSPS) is 10.5. The highest BCUT2D eigenvalue weighted by atomic mass is 19.1. The van der Waals surface area contributed by atoms with Crippen molar-refractivity contribution < 1.29 is 14.0 Å². The van der Waals surface area contributed by atoms with Gasteiger partial charge in [-0.15, -0.1) is 0 Å². The molecule has 0 unspecified atom stereocenters. The van der Waals surface area contributed by atoms with Crippen LogP contribution in [0.1, 0.15) is 18.1 Å². The minimum Gasteiger partial charge on any atom is -0.316 e. The number of aryl methyl sites for hydroxylation is 1. The summed E-state index contributed by atoms with van der Waals surface area (Å²) < 4.78 is 25.9. The Hall–Kier alpha value is -1.00. The van der Waals surface area contributed by atoms with Crippen LogP contribution in [0.15, 0.2) is 12.1 Å². The Labute approximate surface area is 75.2 Å². The molecule has 0 aliphatic heterocycles. The number of halogens is 2. The van der Waals surface area contributed by atoms with Crippen molar-refractivity contribution in [2.24, 2.45) is 0 Å². The van der Waals surface area contributed by atoms with E-state index in [4.69, 9.17) is 5.21 Å². The highest BCUT2D eigenvalue weighted by molar-refractivity contribution is 5.26. The van der Waals surface area contributed by atoms with E-state index in [2.05, 4.69) is 0 Å². The average molecular weight is 187 g/mol. The highest BCUT2D eigenvalue weighted by Crippen LogP contribution is 2.15. The lowest BCUT2D eigenvalue weighted by atomic mass is 10.1. The zero-order valence-corrected chi connectivity index (χ0v) is 7.27. The SMILES string of the molecule is CCc1cc(CNO)c(F)cc1F. The summed E-state index contributed by atoms with van der Waals surface area (Å²) in [5.74, 6) is -1.18. The summed E-state index contributed by atoms with van der Waals surface area (Å²) in [5, 5.41) is 8.37. The standard InChI is InChI=1S/C9H11F2NO/c1-2-6-3-7(5-12-13)9(11)4-8(6)10/h3-4,12-13H,2,5H2,1H3. The van der Waals surface area contributed by atoms with Gasteiger partial charge in [0.1, 0.15) is 11.6 Å². The van der Waals surface area contributed by atoms with Crippen LogP contribution in [-0.4, -0.2) is 5.21 Å². The first kappa shape index (κ1) is 10.1. The second kappa shape index (κ2) is 4.30. The molecule has 13 heavy (non-hydrogen) atoms. The van der Waals surface area contributed by atoms with E-state index in [-0.39, 0.29) is 12.1 Å². The maximum atomic E-state index is 13.0. The number of rotatable bonds is 3. The Bertz CT molecular complexity index is 302. The van der Waals surface area contributed by atoms with Crippen LogP contribution in [0.2, 0.25) is 0 Å². The Morgan fingerprint density at radius 3 is 2.38 bits per heavy atom. The lowest BCUT2D eigenvalue weighted by molar-refractivity contribution is 0.160. The van der Waals surface area contributed by atoms with Crippen molar-refractivity contribution in [1.82, 2.24) is 5.48 Å². The van der Waals surface area contributed by atoms with Crippen LogP contribution in [0.4, 0.5) is 8.78 Å². The molecule has 2 nitrogen and oxygen atoms in total. The first-order valence-corrected chi connectivity index (χ1v) is 4.02. The van der Waals surface area contributed by atoms with Gasteiger partial charge in [-0.05, 0) is 18.1 Å². The minimum absolute atomic E-state index is 0.0148. The van der Waals surface area contributed by atoms with Gasteiger partial charge in [-0.25, -0.2) is 14.3 Å². The summed E-state index contributed by atoms with van der Waals surface area (Å²) in [5.41, 5.74) is 2.55. The molecule has 0 bridgehead atoms. The molecule has 72 valence electrons. The fraction of sp³-hybridized carbons (Fsp3) is 0.333. The Morgan fingerprint density at radius 1 is 1.23 bits per heavy atom. The smallest absolute Gasteiger partial charge is 0.130 e. The third kappa shape index (κ3) is 2.23. The summed E-state index contributed by atoms with van der Waals surface area (Å²) in [7, 11) is 0. The minimum atomic E-state index is -0.642. The molecule has 0 radical (unpaired) electrons. The number of nitrogens with one attached hydrogen (secondary N) is 1. The Morgan fingerprint density at radius 2 is 1.85 bits per heavy atom. The first-order chi connectivity index (χ1) is 6.19. The fourth-order valence-electron chi connectivity index (χ4n) is 1.14. The summed E-state index contributed by atoms with van der Waals surface area (Å²) >= 11 is 0. The van der Waals surface area contributed by atoms with Crippen LogP contribution < -0.4 is 5.48 Å². The number of hydrogen-bond donors (Lipinski definition) is 2. The summed E-state index contributed by atoms with van der Waals surface area (Å²) in [4.78, 5) is 0. The van der Waals surface area contributed by atoms with Gasteiger partial charge in [0.05, 0.1) is 0 Å². The van der Waals surface area contributed by atoms with E-state index in [1.54, 1.807) is 6.92 Å². The van der Waals surface area contributed by atoms with Crippen molar-refractivity contribution in [3.8, 4) is 0 Å². The van der Waals surface area contributed by atoms with Gasteiger partial charge in [-0.1, -0.05) is 6.92 Å². The van der Waals surface area contributed by atoms with Crippen molar-refractivity contribution >= 4 is 0 Å². The molecule has 0 saturated carbocycles. The average Bonchev–Trinajstić information content (AvgIpc) is 2.10. The molecule has 0 amide bonds. The molecular formula is C9H11F2NO. The van der Waals surface area contributed by atoms with Gasteiger partial charge in [0.25, 0.3) is 0 Å². The van der Waals surface area contributed by atoms with Crippen LogP contribution >= 0.6 is 0 Å². The van der Waals surface area contributed by atoms with Crippen LogP contribution in [0.25, 0.3) is 0 Å². The molecular weight excluding hydrogens is 176 g/mol. The molecule has 0 heterocycles. The second-order valence-electron chi connectivity index (χ2n) is 2.72. The quantitative estimate of drug-likeness (QED) is 0.709. The maximum Gasteiger partial charge on any atom is 0.130 e. The molecule has 1 aromatic carbocycles. The van der Waals surface area contributed by atoms with Crippen molar-refractivity contribution in [3.05, 3.63) is 34.9 Å². The predicted octanol–water partition coefficient (Wildman–Crippen LogP) is 2.01. The molecule has 2 N–H and O–H groups in total. The summed E-state index contributed by atoms with van der Waals surface area (Å²) in [6.45, 7) is 1.77. The molecule has 1 rings (SSSR count). The van der Waals surface area contributed by atoms with E-state index < -0.39 is 11.6 Å². The van der Waals surface area contributed by atoms with Gasteiger partial charge < -0.3 is 5.21 Å². The van der Waals surface area contributed by atoms with Gasteiger partial charge in [-0.2, -0.15) is 0 Å². The lowest BCUT2D eigenvalue weighted by Gasteiger charge is -2.05. The first-order valence-electron chi connectivity index (χ1n) is 4.02. The third-order valence-corrected chi connectivity index (χ3v) is 1.87. The van der Waals surface area contributed by atoms with Crippen molar-refractivity contribution in [3.63, 3.8) is 0 Å². The Balaban J connectivity index is 3.06. The molecule has 0 saturated heterocycles. The zero-order valence-electron chi connectivity index (χ0n) is 7.27. The van der Waals surface area contributed by atoms with E-state index in [1.807, 2.05) is 5.48 Å². The van der Waals surface area contributed by atoms with Crippen molar-refractivity contribution in [2.75, 3.05) is 0 Å². The predicted molar refractivity (Wildman–Crippen MR) is 44.4 cm³/mol. The lowest BCUT2D eigenvalue weighted by Crippen LogP contribution is -2.09. The van der Waals surface area contributed by atoms with E-state index in [0.717, 1.165) is 6.07 Å². The number of hydroxylamine groups is 1. The van der Waals surface area contributed by atoms with Crippen molar-refractivity contribution in [1.29, 1.82) is 0 Å². The number of hydrogen-bond acceptors (Lipinski definition) is 2. The zero-order chi connectivity index (χ0) is 9.84. The second-order valence-corrected chi connectivity index (χ2v) is 2.72. The number of benzene rings is 1. The molecule has 0 aliphatic carbocycles. The van der Waals surface area contributed by atoms with Crippen LogP contribution in [-0.2, 0) is 13.0 Å². The van der Waals surface area contributed by atoms with Crippen LogP contribution in [0, 0.1) is 11.6 Å².